The summed E-state index contributed by atoms with van der Waals surface area (Å²) < 4.78 is 22.2. The molecule has 11 nitrogen and oxygen atoms in total. The van der Waals surface area contributed by atoms with Gasteiger partial charge in [0.2, 0.25) is 0 Å². The van der Waals surface area contributed by atoms with Crippen LogP contribution in [-0.4, -0.2) is 65.4 Å². The molecule has 0 saturated carbocycles. The number of phosphoric acid groups is 2. The minimum Gasteiger partial charge on any atom is -0.395 e. The van der Waals surface area contributed by atoms with Crippen LogP contribution in [0.15, 0.2) is 0 Å². The van der Waals surface area contributed by atoms with Crippen LogP contribution in [0.3, 0.4) is 0 Å². The highest BCUT2D eigenvalue weighted by Gasteiger charge is 2.48. The summed E-state index contributed by atoms with van der Waals surface area (Å²) in [5.41, 5.74) is -2.42. The van der Waals surface area contributed by atoms with E-state index >= 15 is 0 Å². The van der Waals surface area contributed by atoms with Crippen LogP contribution in [0.5, 0.6) is 0 Å². The topological polar surface area (TPSA) is 205 Å². The van der Waals surface area contributed by atoms with E-state index in [1.807, 2.05) is 0 Å². The van der Waals surface area contributed by atoms with Gasteiger partial charge in [0, 0.05) is 0 Å². The number of unbranched alkanes of at least 4 members (excludes halogenated alkanes) is 20. The Balaban J connectivity index is 0. The zero-order chi connectivity index (χ0) is 33.8. The third-order valence-corrected chi connectivity index (χ3v) is 10.2. The van der Waals surface area contributed by atoms with Crippen molar-refractivity contribution < 1.29 is 53.4 Å². The highest BCUT2D eigenvalue weighted by Crippen LogP contribution is 2.53. The van der Waals surface area contributed by atoms with E-state index in [4.69, 9.17) is 19.6 Å². The molecule has 0 aliphatic heterocycles. The van der Waals surface area contributed by atoms with Crippen molar-refractivity contribution in [1.29, 1.82) is 0 Å². The Kier molecular flexibility index (Phi) is 29.6. The van der Waals surface area contributed by atoms with Crippen molar-refractivity contribution in [2.24, 2.45) is 5.41 Å². The summed E-state index contributed by atoms with van der Waals surface area (Å²) in [7, 11) is -10.1. The molecule has 0 rings (SSSR count). The average Bonchev–Trinajstić information content (AvgIpc) is 2.94. The molecule has 0 aromatic rings. The molecule has 0 aliphatic rings. The van der Waals surface area contributed by atoms with Gasteiger partial charge in [-0.25, -0.2) is 9.13 Å². The predicted octanol–water partition coefficient (Wildman–Crippen LogP) is 7.27. The molecule has 0 heterocycles. The smallest absolute Gasteiger partial charge is 0.395 e. The second kappa shape index (κ2) is 28.1. The third kappa shape index (κ3) is 26.2. The lowest BCUT2D eigenvalue weighted by Crippen LogP contribution is -2.55. The summed E-state index contributed by atoms with van der Waals surface area (Å²) in [5.74, 6) is 0. The molecule has 0 aliphatic carbocycles. The fraction of sp³-hybridized carbons (Fsp3) is 1.00. The van der Waals surface area contributed by atoms with Gasteiger partial charge >= 0.3 is 15.6 Å². The molecule has 0 fully saturated rings. The molecule has 13 heteroatoms. The maximum absolute atomic E-state index is 11.5. The van der Waals surface area contributed by atoms with Crippen LogP contribution < -0.4 is 0 Å². The molecule has 268 valence electrons. The Hall–Kier alpha value is 0.100. The van der Waals surface area contributed by atoms with Gasteiger partial charge < -0.3 is 40.0 Å². The van der Waals surface area contributed by atoms with Crippen LogP contribution in [0.1, 0.15) is 168 Å². The first kappa shape index (κ1) is 46.2. The summed E-state index contributed by atoms with van der Waals surface area (Å²) >= 11 is 0. The first-order chi connectivity index (χ1) is 20.8. The zero-order valence-corrected chi connectivity index (χ0v) is 29.6. The van der Waals surface area contributed by atoms with Crippen molar-refractivity contribution in [2.45, 2.75) is 174 Å². The van der Waals surface area contributed by atoms with Crippen LogP contribution in [0.25, 0.3) is 0 Å². The number of rotatable bonds is 30. The molecule has 0 radical (unpaired) electrons. The monoisotopic (exact) mass is 678 g/mol. The molecule has 0 unspecified atom stereocenters. The van der Waals surface area contributed by atoms with Crippen molar-refractivity contribution in [3.05, 3.63) is 0 Å². The first-order valence-electron chi connectivity index (χ1n) is 17.1. The van der Waals surface area contributed by atoms with Gasteiger partial charge in [0.05, 0.1) is 30.8 Å². The summed E-state index contributed by atoms with van der Waals surface area (Å²) in [6, 6.07) is 0. The third-order valence-electron chi connectivity index (χ3n) is 8.50. The van der Waals surface area contributed by atoms with Gasteiger partial charge in [-0.3, -0.25) is 0 Å². The van der Waals surface area contributed by atoms with Gasteiger partial charge in [0.1, 0.15) is 0 Å². The minimum atomic E-state index is -5.05. The maximum Gasteiger partial charge on any atom is 0.478 e. The number of hydrogen-bond acceptors (Lipinski definition) is 7. The molecular weight excluding hydrogens is 610 g/mol. The largest absolute Gasteiger partial charge is 0.478 e. The Labute approximate surface area is 267 Å². The van der Waals surface area contributed by atoms with Gasteiger partial charge in [0.15, 0.2) is 0 Å². The summed E-state index contributed by atoms with van der Waals surface area (Å²) in [5, 5.41) is 41.5. The van der Waals surface area contributed by atoms with E-state index in [0.29, 0.717) is 12.8 Å². The van der Waals surface area contributed by atoms with Crippen molar-refractivity contribution >= 4 is 15.6 Å². The lowest BCUT2D eigenvalue weighted by atomic mass is 9.68. The lowest BCUT2D eigenvalue weighted by Gasteiger charge is -2.44. The fourth-order valence-electron chi connectivity index (χ4n) is 5.55. The average molecular weight is 679 g/mol. The fourth-order valence-corrected chi connectivity index (χ4v) is 6.66. The maximum atomic E-state index is 11.5. The van der Waals surface area contributed by atoms with E-state index in [-0.39, 0.29) is 19.8 Å². The minimum absolute atomic E-state index is 0.382. The zero-order valence-electron chi connectivity index (χ0n) is 27.8. The van der Waals surface area contributed by atoms with Crippen LogP contribution in [0.2, 0.25) is 0 Å². The molecule has 0 saturated heterocycles. The lowest BCUT2D eigenvalue weighted by molar-refractivity contribution is -0.162. The number of hydrogen-bond donors (Lipinski definition) is 8. The quantitative estimate of drug-likeness (QED) is 0.0280. The van der Waals surface area contributed by atoms with E-state index in [1.54, 1.807) is 0 Å². The van der Waals surface area contributed by atoms with Crippen molar-refractivity contribution in [3.8, 4) is 0 Å². The predicted molar refractivity (Wildman–Crippen MR) is 176 cm³/mol. The van der Waals surface area contributed by atoms with E-state index in [9.17, 15) is 29.6 Å². The highest BCUT2D eigenvalue weighted by atomic mass is 31.3. The van der Waals surface area contributed by atoms with Gasteiger partial charge in [0.25, 0.3) is 0 Å². The number of aliphatic hydroxyl groups excluding tert-OH is 3. The summed E-state index contributed by atoms with van der Waals surface area (Å²) in [4.78, 5) is 31.0. The van der Waals surface area contributed by atoms with Crippen LogP contribution in [0, 0.1) is 5.41 Å². The molecule has 0 bridgehead atoms. The molecule has 0 aromatic carbocycles. The van der Waals surface area contributed by atoms with Crippen LogP contribution in [-0.2, 0) is 13.4 Å². The van der Waals surface area contributed by atoms with Gasteiger partial charge in [-0.15, -0.1) is 0 Å². The van der Waals surface area contributed by atoms with Gasteiger partial charge in [-0.05, 0) is 12.8 Å². The second-order valence-electron chi connectivity index (χ2n) is 12.4. The second-order valence-corrected chi connectivity index (χ2v) is 15.0. The normalized spacial score (nSPS) is 12.8. The Morgan fingerprint density at radius 3 is 0.864 bits per heavy atom. The first-order valence-corrected chi connectivity index (χ1v) is 20.2. The Bertz CT molecular complexity index is 669. The summed E-state index contributed by atoms with van der Waals surface area (Å²) in [6.07, 6.45) is 28.6. The molecule has 0 atom stereocenters. The Morgan fingerprint density at radius 2 is 0.682 bits per heavy atom. The van der Waals surface area contributed by atoms with Gasteiger partial charge in [-0.2, -0.15) is 4.31 Å². The molecule has 0 spiro atoms. The van der Waals surface area contributed by atoms with Crippen molar-refractivity contribution in [3.63, 3.8) is 0 Å². The van der Waals surface area contributed by atoms with E-state index < -0.39 is 26.7 Å². The standard InChI is InChI=1S/C31H64O4.H4O7P2/c1-3-5-7-9-11-13-15-17-19-21-23-25-31(35,30(27-32,28-33)29-34)26-24-22-20-18-16-14-12-10-8-6-4-2;1-8(2,3)7-9(4,5)6/h32-35H,3-29H2,1-2H3;(H2,1,2,3)(H2,4,5,6). The molecule has 44 heavy (non-hydrogen) atoms. The van der Waals surface area contributed by atoms with Gasteiger partial charge in [-0.1, -0.05) is 155 Å². The number of aliphatic hydroxyl groups is 4. The molecule has 0 amide bonds. The van der Waals surface area contributed by atoms with Crippen molar-refractivity contribution in [2.75, 3.05) is 19.8 Å². The highest BCUT2D eigenvalue weighted by molar-refractivity contribution is 7.60. The SMILES string of the molecule is CCCCCCCCCCCCCC(O)(CCCCCCCCCCCCC)C(CO)(CO)CO.O=P(O)(O)OP(=O)(O)O. The molecular formula is C31H68O11P2. The molecule has 8 N–H and O–H groups in total. The van der Waals surface area contributed by atoms with Crippen molar-refractivity contribution in [1.82, 2.24) is 0 Å². The summed E-state index contributed by atoms with van der Waals surface area (Å²) in [6.45, 7) is 3.36. The van der Waals surface area contributed by atoms with E-state index in [1.165, 1.54) is 116 Å². The molecule has 0 aromatic heterocycles. The van der Waals surface area contributed by atoms with Crippen LogP contribution in [0.4, 0.5) is 0 Å². The Morgan fingerprint density at radius 1 is 0.455 bits per heavy atom. The van der Waals surface area contributed by atoms with Crippen LogP contribution >= 0.6 is 15.6 Å². The van der Waals surface area contributed by atoms with E-state index in [0.717, 1.165) is 25.7 Å². The van der Waals surface area contributed by atoms with E-state index in [2.05, 4.69) is 18.2 Å².